The van der Waals surface area contributed by atoms with E-state index < -0.39 is 25.0 Å². The third-order valence-electron chi connectivity index (χ3n) is 4.50. The Morgan fingerprint density at radius 2 is 1.97 bits per heavy atom. The van der Waals surface area contributed by atoms with Gasteiger partial charge in [-0.15, -0.1) is 0 Å². The first-order valence-corrected chi connectivity index (χ1v) is 9.31. The fourth-order valence-electron chi connectivity index (χ4n) is 3.04. The van der Waals surface area contributed by atoms with Gasteiger partial charge >= 0.3 is 12.3 Å². The van der Waals surface area contributed by atoms with Gasteiger partial charge in [0.1, 0.15) is 12.6 Å². The highest BCUT2D eigenvalue weighted by Crippen LogP contribution is 2.30. The van der Waals surface area contributed by atoms with E-state index in [9.17, 15) is 22.4 Å². The molecule has 1 saturated heterocycles. The van der Waals surface area contributed by atoms with Crippen molar-refractivity contribution in [2.24, 2.45) is 0 Å². The minimum Gasteiger partial charge on any atom is -0.374 e. The van der Waals surface area contributed by atoms with Crippen molar-refractivity contribution in [1.82, 2.24) is 0 Å². The molecular weight excluding hydrogens is 412 g/mol. The van der Waals surface area contributed by atoms with E-state index in [-0.39, 0.29) is 12.5 Å². The van der Waals surface area contributed by atoms with Crippen LogP contribution in [0.1, 0.15) is 12.0 Å². The van der Waals surface area contributed by atoms with E-state index in [1.54, 1.807) is 53.4 Å². The molecule has 4 nitrogen and oxygen atoms in total. The number of benzene rings is 2. The number of para-hydroxylation sites is 1. The number of nitrogens with one attached hydrogen (secondary N) is 1. The average Bonchev–Trinajstić information content (AvgIpc) is 3.02. The van der Waals surface area contributed by atoms with Crippen molar-refractivity contribution in [3.63, 3.8) is 0 Å². The molecule has 29 heavy (non-hydrogen) atoms. The summed E-state index contributed by atoms with van der Waals surface area (Å²) in [6.07, 6.45) is -3.21. The number of ether oxygens (including phenoxy) is 1. The standard InChI is InChI=1S/C20H19ClF4N2O2/c21-15-6-1-2-7-17(15)27-9-8-16(18(27)28)26-14-5-3-4-13(10-14)11-29-12-20(24,25)19(22)23/h1-7,10,16,19,26H,8-9,11-12H2. The van der Waals surface area contributed by atoms with Crippen molar-refractivity contribution in [2.45, 2.75) is 31.4 Å². The normalized spacial score (nSPS) is 17.2. The summed E-state index contributed by atoms with van der Waals surface area (Å²) in [6.45, 7) is -1.11. The lowest BCUT2D eigenvalue weighted by molar-refractivity contribution is -0.168. The van der Waals surface area contributed by atoms with E-state index in [0.717, 1.165) is 0 Å². The van der Waals surface area contributed by atoms with Gasteiger partial charge in [-0.1, -0.05) is 35.9 Å². The molecule has 1 N–H and O–H groups in total. The van der Waals surface area contributed by atoms with Gasteiger partial charge in [0.15, 0.2) is 0 Å². The molecule has 1 amide bonds. The van der Waals surface area contributed by atoms with Crippen molar-refractivity contribution >= 4 is 28.9 Å². The summed E-state index contributed by atoms with van der Waals surface area (Å²) in [5.74, 6) is -4.31. The maximum absolute atomic E-state index is 12.9. The SMILES string of the molecule is O=C1C(Nc2cccc(COCC(F)(F)C(F)F)c2)CCN1c1ccccc1Cl. The Morgan fingerprint density at radius 3 is 2.69 bits per heavy atom. The molecule has 1 heterocycles. The van der Waals surface area contributed by atoms with E-state index in [0.29, 0.717) is 34.9 Å². The minimum absolute atomic E-state index is 0.128. The number of carbonyl (C=O) groups is 1. The highest BCUT2D eigenvalue weighted by molar-refractivity contribution is 6.34. The van der Waals surface area contributed by atoms with Crippen LogP contribution in [0.25, 0.3) is 0 Å². The van der Waals surface area contributed by atoms with Gasteiger partial charge in [-0.2, -0.15) is 8.78 Å². The first-order valence-electron chi connectivity index (χ1n) is 8.93. The van der Waals surface area contributed by atoms with E-state index in [4.69, 9.17) is 16.3 Å². The van der Waals surface area contributed by atoms with Crippen LogP contribution >= 0.6 is 11.6 Å². The van der Waals surface area contributed by atoms with Crippen LogP contribution in [-0.2, 0) is 16.1 Å². The van der Waals surface area contributed by atoms with Crippen molar-refractivity contribution in [1.29, 1.82) is 0 Å². The van der Waals surface area contributed by atoms with Crippen LogP contribution in [0.2, 0.25) is 5.02 Å². The number of halogens is 5. The molecule has 1 aliphatic rings. The predicted molar refractivity (Wildman–Crippen MR) is 103 cm³/mol. The van der Waals surface area contributed by atoms with Gasteiger partial charge in [0.25, 0.3) is 0 Å². The first kappa shape index (κ1) is 21.4. The number of amides is 1. The van der Waals surface area contributed by atoms with E-state index in [2.05, 4.69) is 5.32 Å². The summed E-state index contributed by atoms with van der Waals surface area (Å²) < 4.78 is 54.9. The molecular formula is C20H19ClF4N2O2. The van der Waals surface area contributed by atoms with Crippen LogP contribution in [0.4, 0.5) is 28.9 Å². The van der Waals surface area contributed by atoms with Crippen LogP contribution in [0, 0.1) is 0 Å². The quantitative estimate of drug-likeness (QED) is 0.601. The molecule has 0 bridgehead atoms. The Bertz CT molecular complexity index is 866. The van der Waals surface area contributed by atoms with Gasteiger partial charge in [-0.25, -0.2) is 8.78 Å². The Labute approximate surface area is 170 Å². The molecule has 0 radical (unpaired) electrons. The predicted octanol–water partition coefficient (Wildman–Crippen LogP) is 4.97. The minimum atomic E-state index is -4.19. The smallest absolute Gasteiger partial charge is 0.330 e. The summed E-state index contributed by atoms with van der Waals surface area (Å²) in [7, 11) is 0. The molecule has 9 heteroatoms. The zero-order valence-electron chi connectivity index (χ0n) is 15.3. The van der Waals surface area contributed by atoms with Gasteiger partial charge in [0.2, 0.25) is 5.91 Å². The highest BCUT2D eigenvalue weighted by Gasteiger charge is 2.41. The topological polar surface area (TPSA) is 41.6 Å². The van der Waals surface area contributed by atoms with Crippen LogP contribution < -0.4 is 10.2 Å². The second-order valence-corrected chi connectivity index (χ2v) is 7.09. The maximum atomic E-state index is 12.9. The Hall–Kier alpha value is -2.32. The molecule has 1 fully saturated rings. The number of anilines is 2. The molecule has 0 aliphatic carbocycles. The van der Waals surface area contributed by atoms with Gasteiger partial charge < -0.3 is 15.0 Å². The Kier molecular flexibility index (Phi) is 6.64. The zero-order valence-corrected chi connectivity index (χ0v) is 16.0. The summed E-state index contributed by atoms with van der Waals surface area (Å²) in [4.78, 5) is 14.3. The van der Waals surface area contributed by atoms with Crippen molar-refractivity contribution < 1.29 is 27.1 Å². The molecule has 0 spiro atoms. The molecule has 0 aromatic heterocycles. The van der Waals surface area contributed by atoms with Crippen LogP contribution in [0.5, 0.6) is 0 Å². The lowest BCUT2D eigenvalue weighted by Crippen LogP contribution is -2.33. The van der Waals surface area contributed by atoms with Gasteiger partial charge in [0, 0.05) is 12.2 Å². The number of alkyl halides is 4. The second kappa shape index (κ2) is 9.00. The van der Waals surface area contributed by atoms with Gasteiger partial charge in [0.05, 0.1) is 17.3 Å². The lowest BCUT2D eigenvalue weighted by Gasteiger charge is -2.19. The summed E-state index contributed by atoms with van der Waals surface area (Å²) in [5, 5.41) is 3.60. The van der Waals surface area contributed by atoms with Crippen molar-refractivity contribution in [3.8, 4) is 0 Å². The summed E-state index contributed by atoms with van der Waals surface area (Å²) in [6, 6.07) is 13.3. The van der Waals surface area contributed by atoms with Gasteiger partial charge in [-0.05, 0) is 36.2 Å². The molecule has 2 aromatic rings. The van der Waals surface area contributed by atoms with Crippen LogP contribution in [0.3, 0.4) is 0 Å². The number of hydrogen-bond donors (Lipinski definition) is 1. The third kappa shape index (κ3) is 5.19. The number of hydrogen-bond acceptors (Lipinski definition) is 3. The Balaban J connectivity index is 1.59. The monoisotopic (exact) mass is 430 g/mol. The fraction of sp³-hybridized carbons (Fsp3) is 0.350. The molecule has 2 aromatic carbocycles. The van der Waals surface area contributed by atoms with Crippen molar-refractivity contribution in [3.05, 3.63) is 59.1 Å². The van der Waals surface area contributed by atoms with Gasteiger partial charge in [-0.3, -0.25) is 4.79 Å². The Morgan fingerprint density at radius 1 is 1.21 bits per heavy atom. The summed E-state index contributed by atoms with van der Waals surface area (Å²) >= 11 is 6.17. The lowest BCUT2D eigenvalue weighted by atomic mass is 10.2. The highest BCUT2D eigenvalue weighted by atomic mass is 35.5. The zero-order chi connectivity index (χ0) is 21.0. The molecule has 0 saturated carbocycles. The van der Waals surface area contributed by atoms with Crippen LogP contribution in [-0.4, -0.2) is 37.4 Å². The third-order valence-corrected chi connectivity index (χ3v) is 4.82. The second-order valence-electron chi connectivity index (χ2n) is 6.68. The maximum Gasteiger partial charge on any atom is 0.330 e. The van der Waals surface area contributed by atoms with E-state index >= 15 is 0 Å². The number of carbonyl (C=O) groups excluding carboxylic acids is 1. The molecule has 156 valence electrons. The molecule has 3 rings (SSSR count). The largest absolute Gasteiger partial charge is 0.374 e. The average molecular weight is 431 g/mol. The molecule has 1 atom stereocenters. The fourth-order valence-corrected chi connectivity index (χ4v) is 3.28. The van der Waals surface area contributed by atoms with Crippen LogP contribution in [0.15, 0.2) is 48.5 Å². The molecule has 1 unspecified atom stereocenters. The number of nitrogens with zero attached hydrogens (tertiary/aromatic N) is 1. The molecule has 1 aliphatic heterocycles. The number of rotatable bonds is 8. The van der Waals surface area contributed by atoms with Crippen molar-refractivity contribution in [2.75, 3.05) is 23.4 Å². The first-order chi connectivity index (χ1) is 13.8. The summed E-state index contributed by atoms with van der Waals surface area (Å²) in [5.41, 5.74) is 1.77. The van der Waals surface area contributed by atoms with E-state index in [1.807, 2.05) is 0 Å². The van der Waals surface area contributed by atoms with E-state index in [1.165, 1.54) is 0 Å².